The van der Waals surface area contributed by atoms with Gasteiger partial charge in [-0.3, -0.25) is 0 Å². The SMILES string of the molecule is C#CC1(CC)C[C@H]2CC[C@@H](C1)N2C. The van der Waals surface area contributed by atoms with Gasteiger partial charge in [0.1, 0.15) is 0 Å². The minimum atomic E-state index is 0.234. The number of fused-ring (bicyclic) bond motifs is 2. The summed E-state index contributed by atoms with van der Waals surface area (Å²) in [6, 6.07) is 1.55. The van der Waals surface area contributed by atoms with Gasteiger partial charge in [-0.25, -0.2) is 0 Å². The zero-order chi connectivity index (χ0) is 9.47. The molecule has 1 heteroatoms. The first kappa shape index (κ1) is 9.09. The summed E-state index contributed by atoms with van der Waals surface area (Å²) in [4.78, 5) is 2.55. The van der Waals surface area contributed by atoms with Crippen LogP contribution in [0.3, 0.4) is 0 Å². The minimum Gasteiger partial charge on any atom is -0.300 e. The molecule has 72 valence electrons. The lowest BCUT2D eigenvalue weighted by Gasteiger charge is -2.42. The van der Waals surface area contributed by atoms with E-state index in [4.69, 9.17) is 6.42 Å². The second kappa shape index (κ2) is 3.03. The third-order valence-corrected chi connectivity index (χ3v) is 4.22. The van der Waals surface area contributed by atoms with Crippen molar-refractivity contribution in [1.29, 1.82) is 0 Å². The van der Waals surface area contributed by atoms with Crippen molar-refractivity contribution in [2.75, 3.05) is 7.05 Å². The van der Waals surface area contributed by atoms with E-state index in [1.54, 1.807) is 0 Å². The molecule has 0 aliphatic carbocycles. The van der Waals surface area contributed by atoms with Crippen LogP contribution in [0.1, 0.15) is 39.0 Å². The molecule has 0 aromatic carbocycles. The highest BCUT2D eigenvalue weighted by molar-refractivity contribution is 5.12. The molecule has 2 aliphatic heterocycles. The van der Waals surface area contributed by atoms with Gasteiger partial charge < -0.3 is 4.90 Å². The molecule has 0 amide bonds. The maximum Gasteiger partial charge on any atom is 0.0339 e. The summed E-state index contributed by atoms with van der Waals surface area (Å²) in [5.74, 6) is 3.06. The van der Waals surface area contributed by atoms with Crippen LogP contribution in [-0.2, 0) is 0 Å². The summed E-state index contributed by atoms with van der Waals surface area (Å²) in [6.45, 7) is 2.24. The molecule has 0 N–H and O–H groups in total. The van der Waals surface area contributed by atoms with E-state index in [1.807, 2.05) is 0 Å². The van der Waals surface area contributed by atoms with Crippen molar-refractivity contribution in [1.82, 2.24) is 4.90 Å². The molecule has 0 aromatic rings. The maximum atomic E-state index is 5.68. The first-order valence-corrected chi connectivity index (χ1v) is 5.40. The number of rotatable bonds is 1. The van der Waals surface area contributed by atoms with E-state index in [0.29, 0.717) is 0 Å². The number of hydrogen-bond donors (Lipinski definition) is 0. The fraction of sp³-hybridized carbons (Fsp3) is 0.833. The molecule has 0 radical (unpaired) electrons. The van der Waals surface area contributed by atoms with Gasteiger partial charge in [-0.15, -0.1) is 6.42 Å². The van der Waals surface area contributed by atoms with E-state index in [9.17, 15) is 0 Å². The van der Waals surface area contributed by atoms with Crippen LogP contribution in [0.5, 0.6) is 0 Å². The molecule has 2 fully saturated rings. The van der Waals surface area contributed by atoms with Crippen LogP contribution >= 0.6 is 0 Å². The third kappa shape index (κ3) is 1.28. The van der Waals surface area contributed by atoms with Gasteiger partial charge in [-0.05, 0) is 39.2 Å². The summed E-state index contributed by atoms with van der Waals surface area (Å²) < 4.78 is 0. The second-order valence-electron chi connectivity index (χ2n) is 4.74. The fourth-order valence-electron chi connectivity index (χ4n) is 3.08. The van der Waals surface area contributed by atoms with Crippen LogP contribution in [0.25, 0.3) is 0 Å². The van der Waals surface area contributed by atoms with Crippen molar-refractivity contribution in [3.05, 3.63) is 0 Å². The number of piperidine rings is 1. The smallest absolute Gasteiger partial charge is 0.0339 e. The zero-order valence-corrected chi connectivity index (χ0v) is 8.71. The standard InChI is InChI=1S/C12H19N/c1-4-12(5-2)8-10-6-7-11(9-12)13(10)3/h1,10-11H,5-9H2,2-3H3/t10-,11+,12?. The Bertz CT molecular complexity index is 224. The van der Waals surface area contributed by atoms with Gasteiger partial charge in [-0.2, -0.15) is 0 Å². The van der Waals surface area contributed by atoms with E-state index in [1.165, 1.54) is 25.7 Å². The Morgan fingerprint density at radius 1 is 1.38 bits per heavy atom. The predicted molar refractivity (Wildman–Crippen MR) is 55.4 cm³/mol. The summed E-state index contributed by atoms with van der Waals surface area (Å²) >= 11 is 0. The zero-order valence-electron chi connectivity index (χ0n) is 8.71. The Hall–Kier alpha value is -0.480. The van der Waals surface area contributed by atoms with E-state index < -0.39 is 0 Å². The molecule has 3 atom stereocenters. The lowest BCUT2D eigenvalue weighted by atomic mass is 9.74. The van der Waals surface area contributed by atoms with Crippen LogP contribution in [0.15, 0.2) is 0 Å². The Labute approximate surface area is 81.5 Å². The Morgan fingerprint density at radius 2 is 1.92 bits per heavy atom. The van der Waals surface area contributed by atoms with E-state index in [-0.39, 0.29) is 5.41 Å². The largest absolute Gasteiger partial charge is 0.300 e. The lowest BCUT2D eigenvalue weighted by Crippen LogP contribution is -2.44. The molecular weight excluding hydrogens is 158 g/mol. The molecule has 2 rings (SSSR count). The van der Waals surface area contributed by atoms with Gasteiger partial charge in [0.2, 0.25) is 0 Å². The average Bonchev–Trinajstić information content (AvgIpc) is 2.43. The van der Waals surface area contributed by atoms with Crippen LogP contribution in [0.2, 0.25) is 0 Å². The first-order valence-electron chi connectivity index (χ1n) is 5.40. The van der Waals surface area contributed by atoms with Crippen LogP contribution in [-0.4, -0.2) is 24.0 Å². The molecule has 2 bridgehead atoms. The Morgan fingerprint density at radius 3 is 2.31 bits per heavy atom. The third-order valence-electron chi connectivity index (χ3n) is 4.22. The van der Waals surface area contributed by atoms with Crippen molar-refractivity contribution in [2.24, 2.45) is 5.41 Å². The van der Waals surface area contributed by atoms with Crippen molar-refractivity contribution < 1.29 is 0 Å². The predicted octanol–water partition coefficient (Wildman–Crippen LogP) is 2.27. The first-order chi connectivity index (χ1) is 6.21. The number of terminal acetylenes is 1. The topological polar surface area (TPSA) is 3.24 Å². The van der Waals surface area contributed by atoms with Gasteiger partial charge in [0, 0.05) is 17.5 Å². The summed E-state index contributed by atoms with van der Waals surface area (Å²) in [7, 11) is 2.26. The molecule has 0 saturated carbocycles. The Balaban J connectivity index is 2.19. The summed E-state index contributed by atoms with van der Waals surface area (Å²) in [5, 5.41) is 0. The molecule has 2 saturated heterocycles. The molecular formula is C12H19N. The second-order valence-corrected chi connectivity index (χ2v) is 4.74. The van der Waals surface area contributed by atoms with Gasteiger partial charge in [0.25, 0.3) is 0 Å². The van der Waals surface area contributed by atoms with Crippen molar-refractivity contribution >= 4 is 0 Å². The van der Waals surface area contributed by atoms with Gasteiger partial charge >= 0.3 is 0 Å². The summed E-state index contributed by atoms with van der Waals surface area (Å²) in [5.41, 5.74) is 0.234. The molecule has 2 heterocycles. The highest BCUT2D eigenvalue weighted by Crippen LogP contribution is 2.46. The maximum absolute atomic E-state index is 5.68. The number of hydrogen-bond acceptors (Lipinski definition) is 1. The highest BCUT2D eigenvalue weighted by atomic mass is 15.2. The number of nitrogens with zero attached hydrogens (tertiary/aromatic N) is 1. The molecule has 0 spiro atoms. The van der Waals surface area contributed by atoms with Gasteiger partial charge in [-0.1, -0.05) is 12.8 Å². The molecule has 2 aliphatic rings. The van der Waals surface area contributed by atoms with Crippen molar-refractivity contribution in [3.63, 3.8) is 0 Å². The molecule has 0 aromatic heterocycles. The Kier molecular flexibility index (Phi) is 2.12. The highest BCUT2D eigenvalue weighted by Gasteiger charge is 2.44. The summed E-state index contributed by atoms with van der Waals surface area (Å²) in [6.07, 6.45) is 12.0. The minimum absolute atomic E-state index is 0.234. The quantitative estimate of drug-likeness (QED) is 0.555. The van der Waals surface area contributed by atoms with Crippen molar-refractivity contribution in [3.8, 4) is 12.3 Å². The van der Waals surface area contributed by atoms with Gasteiger partial charge in [0.05, 0.1) is 0 Å². The van der Waals surface area contributed by atoms with Crippen LogP contribution in [0, 0.1) is 17.8 Å². The van der Waals surface area contributed by atoms with Crippen LogP contribution in [0.4, 0.5) is 0 Å². The van der Waals surface area contributed by atoms with E-state index in [0.717, 1.165) is 18.5 Å². The lowest BCUT2D eigenvalue weighted by molar-refractivity contribution is 0.0954. The molecule has 1 nitrogen and oxygen atoms in total. The fourth-order valence-corrected chi connectivity index (χ4v) is 3.08. The normalized spacial score (nSPS) is 44.7. The monoisotopic (exact) mass is 177 g/mol. The average molecular weight is 177 g/mol. The van der Waals surface area contributed by atoms with Gasteiger partial charge in [0.15, 0.2) is 0 Å². The molecule has 1 unspecified atom stereocenters. The van der Waals surface area contributed by atoms with E-state index in [2.05, 4.69) is 24.8 Å². The van der Waals surface area contributed by atoms with Crippen molar-refractivity contribution in [2.45, 2.75) is 51.1 Å². The van der Waals surface area contributed by atoms with Crippen LogP contribution < -0.4 is 0 Å². The molecule has 13 heavy (non-hydrogen) atoms. The van der Waals surface area contributed by atoms with E-state index >= 15 is 0 Å².